The molecule has 204 valence electrons. The van der Waals surface area contributed by atoms with Gasteiger partial charge >= 0.3 is 5.97 Å². The molecule has 4 rings (SSSR count). The van der Waals surface area contributed by atoms with E-state index < -0.39 is 47.2 Å². The highest BCUT2D eigenvalue weighted by Gasteiger charge is 2.28. The molecule has 0 saturated carbocycles. The van der Waals surface area contributed by atoms with Crippen LogP contribution in [0.4, 0.5) is 32.6 Å². The van der Waals surface area contributed by atoms with Gasteiger partial charge in [-0.1, -0.05) is 6.42 Å². The van der Waals surface area contributed by atoms with Gasteiger partial charge in [-0.3, -0.25) is 4.68 Å². The second kappa shape index (κ2) is 11.4. The van der Waals surface area contributed by atoms with Gasteiger partial charge < -0.3 is 15.4 Å². The van der Waals surface area contributed by atoms with Crippen LogP contribution in [0.15, 0.2) is 0 Å². The molecular formula is C25H25F5N4O2S2. The van der Waals surface area contributed by atoms with Gasteiger partial charge in [0, 0.05) is 4.88 Å². The SMILES string of the molecule is CCOC(=O)c1c(NC(=S)Nc2c(C)nn(Cc3c(F)c(F)c(F)c(F)c3F)c2C)sc2c1CCCCC2. The molecule has 2 heterocycles. The Morgan fingerprint density at radius 3 is 2.29 bits per heavy atom. The molecule has 13 heteroatoms. The van der Waals surface area contributed by atoms with E-state index in [1.165, 1.54) is 11.3 Å². The van der Waals surface area contributed by atoms with Crippen molar-refractivity contribution in [2.45, 2.75) is 59.4 Å². The molecule has 0 atom stereocenters. The molecule has 6 nitrogen and oxygen atoms in total. The van der Waals surface area contributed by atoms with Crippen molar-refractivity contribution in [3.05, 3.63) is 62.0 Å². The van der Waals surface area contributed by atoms with Gasteiger partial charge in [-0.15, -0.1) is 11.3 Å². The van der Waals surface area contributed by atoms with E-state index in [4.69, 9.17) is 17.0 Å². The van der Waals surface area contributed by atoms with Gasteiger partial charge in [0.25, 0.3) is 0 Å². The molecule has 0 unspecified atom stereocenters. The molecule has 2 aromatic heterocycles. The highest BCUT2D eigenvalue weighted by molar-refractivity contribution is 7.80. The molecule has 0 saturated heterocycles. The molecule has 1 aliphatic rings. The predicted octanol–water partition coefficient (Wildman–Crippen LogP) is 6.56. The van der Waals surface area contributed by atoms with Crippen molar-refractivity contribution in [3.8, 4) is 0 Å². The number of aryl methyl sites for hydroxylation is 2. The van der Waals surface area contributed by atoms with Crippen molar-refractivity contribution in [2.75, 3.05) is 17.2 Å². The number of fused-ring (bicyclic) bond motifs is 1. The van der Waals surface area contributed by atoms with E-state index in [0.29, 0.717) is 27.6 Å². The zero-order valence-corrected chi connectivity index (χ0v) is 22.5. The van der Waals surface area contributed by atoms with E-state index in [1.807, 2.05) is 0 Å². The third-order valence-corrected chi connectivity index (χ3v) is 7.77. The first kappa shape index (κ1) is 28.0. The molecule has 2 N–H and O–H groups in total. The number of ether oxygens (including phenoxy) is 1. The van der Waals surface area contributed by atoms with Gasteiger partial charge in [0.1, 0.15) is 5.00 Å². The maximum atomic E-state index is 14.2. The fraction of sp³-hybridized carbons (Fsp3) is 0.400. The number of esters is 1. The van der Waals surface area contributed by atoms with E-state index in [9.17, 15) is 26.7 Å². The average molecular weight is 573 g/mol. The van der Waals surface area contributed by atoms with E-state index in [2.05, 4.69) is 15.7 Å². The summed E-state index contributed by atoms with van der Waals surface area (Å²) in [7, 11) is 0. The van der Waals surface area contributed by atoms with E-state index in [0.717, 1.165) is 47.2 Å². The Morgan fingerprint density at radius 2 is 1.63 bits per heavy atom. The summed E-state index contributed by atoms with van der Waals surface area (Å²) in [5, 5.41) is 10.9. The average Bonchev–Trinajstić information content (AvgIpc) is 3.23. The Labute approximate surface area is 225 Å². The summed E-state index contributed by atoms with van der Waals surface area (Å²) < 4.78 is 75.6. The fourth-order valence-electron chi connectivity index (χ4n) is 4.47. The number of nitrogens with one attached hydrogen (secondary N) is 2. The number of hydrogen-bond donors (Lipinski definition) is 2. The summed E-state index contributed by atoms with van der Waals surface area (Å²) in [6.07, 6.45) is 4.71. The van der Waals surface area contributed by atoms with Crippen LogP contribution >= 0.6 is 23.6 Å². The number of rotatable bonds is 6. The number of benzene rings is 1. The highest BCUT2D eigenvalue weighted by atomic mass is 32.1. The van der Waals surface area contributed by atoms with Crippen molar-refractivity contribution in [2.24, 2.45) is 0 Å². The number of aromatic nitrogens is 2. The third-order valence-electron chi connectivity index (χ3n) is 6.36. The Hall–Kier alpha value is -3.06. The maximum Gasteiger partial charge on any atom is 0.341 e. The van der Waals surface area contributed by atoms with Crippen LogP contribution in [-0.2, 0) is 24.1 Å². The standard InChI is InChI=1S/C25H25F5N4O2S2/c1-4-36-24(35)16-13-8-6-5-7-9-15(13)38-23(16)32-25(37)31-22-11(2)33-34(12(22)3)10-14-17(26)19(28)21(30)20(29)18(14)27/h4-10H2,1-3H3,(H2,31,32,37). The van der Waals surface area contributed by atoms with Crippen LogP contribution in [0, 0.1) is 42.9 Å². The van der Waals surface area contributed by atoms with Crippen molar-refractivity contribution in [1.82, 2.24) is 9.78 Å². The molecule has 0 fully saturated rings. The first-order valence-electron chi connectivity index (χ1n) is 12.0. The summed E-state index contributed by atoms with van der Waals surface area (Å²) >= 11 is 6.92. The predicted molar refractivity (Wildman–Crippen MR) is 138 cm³/mol. The molecule has 0 amide bonds. The lowest BCUT2D eigenvalue weighted by Crippen LogP contribution is -2.21. The summed E-state index contributed by atoms with van der Waals surface area (Å²) in [4.78, 5) is 13.9. The van der Waals surface area contributed by atoms with Gasteiger partial charge in [-0.2, -0.15) is 5.10 Å². The second-order valence-electron chi connectivity index (χ2n) is 8.82. The zero-order valence-electron chi connectivity index (χ0n) is 20.9. The van der Waals surface area contributed by atoms with Crippen molar-refractivity contribution in [1.29, 1.82) is 0 Å². The van der Waals surface area contributed by atoms with Gasteiger partial charge in [0.15, 0.2) is 28.4 Å². The number of carbonyl (C=O) groups excluding carboxylic acids is 1. The Kier molecular flexibility index (Phi) is 8.36. The summed E-state index contributed by atoms with van der Waals surface area (Å²) in [5.74, 6) is -10.5. The lowest BCUT2D eigenvalue weighted by molar-refractivity contribution is 0.0527. The molecule has 0 aliphatic heterocycles. The van der Waals surface area contributed by atoms with Crippen LogP contribution in [0.25, 0.3) is 0 Å². The minimum atomic E-state index is -2.22. The number of hydrogen-bond acceptors (Lipinski definition) is 5. The molecule has 0 spiro atoms. The van der Waals surface area contributed by atoms with Gasteiger partial charge in [-0.25, -0.2) is 26.7 Å². The number of thiophene rings is 1. The molecule has 1 aromatic carbocycles. The van der Waals surface area contributed by atoms with Crippen molar-refractivity contribution in [3.63, 3.8) is 0 Å². The summed E-state index contributed by atoms with van der Waals surface area (Å²) in [5.41, 5.74) is 1.56. The summed E-state index contributed by atoms with van der Waals surface area (Å²) in [6.45, 7) is 4.44. The number of thiocarbonyl (C=S) groups is 1. The second-order valence-corrected chi connectivity index (χ2v) is 10.3. The molecule has 0 bridgehead atoms. The van der Waals surface area contributed by atoms with E-state index >= 15 is 0 Å². The van der Waals surface area contributed by atoms with E-state index in [-0.39, 0.29) is 11.7 Å². The third kappa shape index (κ3) is 5.26. The number of halogens is 5. The van der Waals surface area contributed by atoms with Crippen LogP contribution in [0.2, 0.25) is 0 Å². The molecule has 38 heavy (non-hydrogen) atoms. The molecular weight excluding hydrogens is 547 g/mol. The lowest BCUT2D eigenvalue weighted by Gasteiger charge is -2.13. The van der Waals surface area contributed by atoms with E-state index in [1.54, 1.807) is 20.8 Å². The Morgan fingerprint density at radius 1 is 1.00 bits per heavy atom. The minimum absolute atomic E-state index is 0.133. The first-order valence-corrected chi connectivity index (χ1v) is 13.2. The van der Waals surface area contributed by atoms with Crippen molar-refractivity contribution >= 4 is 45.3 Å². The number of anilines is 2. The molecule has 1 aliphatic carbocycles. The number of nitrogens with zero attached hydrogens (tertiary/aromatic N) is 2. The molecule has 3 aromatic rings. The first-order chi connectivity index (χ1) is 18.0. The Bertz CT molecular complexity index is 1390. The smallest absolute Gasteiger partial charge is 0.341 e. The fourth-order valence-corrected chi connectivity index (χ4v) is 6.02. The van der Waals surface area contributed by atoms with Gasteiger partial charge in [-0.05, 0) is 64.2 Å². The van der Waals surface area contributed by atoms with Gasteiger partial charge in [0.05, 0.1) is 41.4 Å². The normalized spacial score (nSPS) is 13.2. The summed E-state index contributed by atoms with van der Waals surface area (Å²) in [6, 6.07) is 0. The highest BCUT2D eigenvalue weighted by Crippen LogP contribution is 2.38. The zero-order chi connectivity index (χ0) is 27.7. The number of carbonyl (C=O) groups is 1. The van der Waals surface area contributed by atoms with Crippen LogP contribution in [-0.4, -0.2) is 27.5 Å². The minimum Gasteiger partial charge on any atom is -0.462 e. The lowest BCUT2D eigenvalue weighted by atomic mass is 10.1. The van der Waals surface area contributed by atoms with Crippen LogP contribution in [0.3, 0.4) is 0 Å². The topological polar surface area (TPSA) is 68.2 Å². The quantitative estimate of drug-likeness (QED) is 0.0871. The molecule has 0 radical (unpaired) electrons. The van der Waals surface area contributed by atoms with Gasteiger partial charge in [0.2, 0.25) is 5.82 Å². The van der Waals surface area contributed by atoms with Crippen LogP contribution in [0.5, 0.6) is 0 Å². The largest absolute Gasteiger partial charge is 0.462 e. The maximum absolute atomic E-state index is 14.2. The van der Waals surface area contributed by atoms with Crippen LogP contribution in [0.1, 0.15) is 63.9 Å². The Balaban J connectivity index is 1.59. The monoisotopic (exact) mass is 572 g/mol. The van der Waals surface area contributed by atoms with Crippen LogP contribution < -0.4 is 10.6 Å². The van der Waals surface area contributed by atoms with Crippen molar-refractivity contribution < 1.29 is 31.5 Å².